The van der Waals surface area contributed by atoms with Gasteiger partial charge in [0.05, 0.1) is 6.20 Å². The van der Waals surface area contributed by atoms with Crippen molar-refractivity contribution in [2.75, 3.05) is 20.1 Å². The fraction of sp³-hybridized carbons (Fsp3) is 0.179. The fourth-order valence-electron chi connectivity index (χ4n) is 4.19. The number of amidine groups is 1. The van der Waals surface area contributed by atoms with E-state index in [0.717, 1.165) is 42.4 Å². The molecule has 0 radical (unpaired) electrons. The Bertz CT molecular complexity index is 1170. The van der Waals surface area contributed by atoms with Crippen LogP contribution in [0.1, 0.15) is 11.1 Å². The SMILES string of the molecule is CN1C=C2C(OCc3ccccc3)=CN=C(Cc3ccccc3-c3ccccc3)N2CC1. The van der Waals surface area contributed by atoms with Crippen LogP contribution in [-0.2, 0) is 17.8 Å². The highest BCUT2D eigenvalue weighted by Gasteiger charge is 2.28. The summed E-state index contributed by atoms with van der Waals surface area (Å²) in [7, 11) is 2.11. The van der Waals surface area contributed by atoms with E-state index >= 15 is 0 Å². The van der Waals surface area contributed by atoms with E-state index in [-0.39, 0.29) is 0 Å². The Morgan fingerprint density at radius 1 is 0.844 bits per heavy atom. The second kappa shape index (κ2) is 9.15. The van der Waals surface area contributed by atoms with Crippen LogP contribution < -0.4 is 0 Å². The molecule has 4 nitrogen and oxygen atoms in total. The third kappa shape index (κ3) is 4.30. The number of fused-ring (bicyclic) bond motifs is 1. The third-order valence-corrected chi connectivity index (χ3v) is 5.89. The van der Waals surface area contributed by atoms with Gasteiger partial charge >= 0.3 is 0 Å². The predicted molar refractivity (Wildman–Crippen MR) is 130 cm³/mol. The van der Waals surface area contributed by atoms with E-state index in [1.807, 2.05) is 24.4 Å². The molecule has 0 aromatic heterocycles. The lowest BCUT2D eigenvalue weighted by atomic mass is 9.97. The lowest BCUT2D eigenvalue weighted by Crippen LogP contribution is -2.43. The molecule has 2 aliphatic rings. The van der Waals surface area contributed by atoms with Crippen LogP contribution in [0.3, 0.4) is 0 Å². The van der Waals surface area contributed by atoms with E-state index in [0.29, 0.717) is 6.61 Å². The van der Waals surface area contributed by atoms with E-state index in [9.17, 15) is 0 Å². The van der Waals surface area contributed by atoms with Crippen LogP contribution in [-0.4, -0.2) is 35.8 Å². The fourth-order valence-corrected chi connectivity index (χ4v) is 4.19. The summed E-state index contributed by atoms with van der Waals surface area (Å²) >= 11 is 0. The summed E-state index contributed by atoms with van der Waals surface area (Å²) in [6.45, 7) is 2.37. The molecule has 32 heavy (non-hydrogen) atoms. The number of rotatable bonds is 6. The maximum atomic E-state index is 6.20. The summed E-state index contributed by atoms with van der Waals surface area (Å²) in [5.41, 5.74) is 5.99. The Balaban J connectivity index is 1.43. The Kier molecular flexibility index (Phi) is 5.75. The zero-order valence-corrected chi connectivity index (χ0v) is 18.3. The normalized spacial score (nSPS) is 15.5. The molecule has 0 saturated heterocycles. The Morgan fingerprint density at radius 2 is 1.56 bits per heavy atom. The average molecular weight is 422 g/mol. The molecule has 5 rings (SSSR count). The number of benzene rings is 3. The second-order valence-electron chi connectivity index (χ2n) is 8.16. The van der Waals surface area contributed by atoms with Crippen molar-refractivity contribution in [3.63, 3.8) is 0 Å². The monoisotopic (exact) mass is 421 g/mol. The Morgan fingerprint density at radius 3 is 2.38 bits per heavy atom. The lowest BCUT2D eigenvalue weighted by Gasteiger charge is -2.37. The first-order valence-electron chi connectivity index (χ1n) is 11.0. The highest BCUT2D eigenvalue weighted by atomic mass is 16.5. The van der Waals surface area contributed by atoms with E-state index in [2.05, 4.69) is 89.8 Å². The predicted octanol–water partition coefficient (Wildman–Crippen LogP) is 5.46. The molecule has 0 N–H and O–H groups in total. The summed E-state index contributed by atoms with van der Waals surface area (Å²) in [4.78, 5) is 9.38. The molecule has 0 amide bonds. The van der Waals surface area contributed by atoms with Gasteiger partial charge in [-0.3, -0.25) is 0 Å². The molecule has 2 aliphatic heterocycles. The average Bonchev–Trinajstić information content (AvgIpc) is 2.85. The standard InChI is InChI=1S/C28H27N3O/c1-30-16-17-31-26(20-30)27(32-21-22-10-4-2-5-11-22)19-29-28(31)18-24-14-8-9-15-25(24)23-12-6-3-7-13-23/h2-15,19-20H,16-18,21H2,1H3. The van der Waals surface area contributed by atoms with Crippen molar-refractivity contribution >= 4 is 5.84 Å². The number of likely N-dealkylation sites (N-methyl/N-ethyl adjacent to an activating group) is 1. The highest BCUT2D eigenvalue weighted by molar-refractivity contribution is 5.90. The van der Waals surface area contributed by atoms with Crippen molar-refractivity contribution in [2.45, 2.75) is 13.0 Å². The van der Waals surface area contributed by atoms with Crippen molar-refractivity contribution < 1.29 is 4.74 Å². The van der Waals surface area contributed by atoms with Crippen molar-refractivity contribution in [1.82, 2.24) is 9.80 Å². The van der Waals surface area contributed by atoms with E-state index in [1.54, 1.807) is 0 Å². The molecule has 0 unspecified atom stereocenters. The number of aliphatic imine (C=N–C) groups is 1. The lowest BCUT2D eigenvalue weighted by molar-refractivity contribution is 0.185. The molecule has 3 aromatic rings. The molecule has 2 heterocycles. The largest absolute Gasteiger partial charge is 0.485 e. The Labute approximate surface area is 189 Å². The van der Waals surface area contributed by atoms with Crippen LogP contribution in [0.15, 0.2) is 114 Å². The maximum absolute atomic E-state index is 6.20. The summed E-state index contributed by atoms with van der Waals surface area (Å²) in [6, 6.07) is 29.4. The first kappa shape index (κ1) is 20.1. The second-order valence-corrected chi connectivity index (χ2v) is 8.16. The summed E-state index contributed by atoms with van der Waals surface area (Å²) in [6.07, 6.45) is 4.82. The molecule has 0 aliphatic carbocycles. The third-order valence-electron chi connectivity index (χ3n) is 5.89. The van der Waals surface area contributed by atoms with Crippen molar-refractivity contribution in [2.24, 2.45) is 4.99 Å². The summed E-state index contributed by atoms with van der Waals surface area (Å²) in [5, 5.41) is 0. The molecule has 0 bridgehead atoms. The van der Waals surface area contributed by atoms with Crippen LogP contribution in [0.2, 0.25) is 0 Å². The van der Waals surface area contributed by atoms with Crippen LogP contribution in [0.5, 0.6) is 0 Å². The zero-order chi connectivity index (χ0) is 21.8. The zero-order valence-electron chi connectivity index (χ0n) is 18.3. The van der Waals surface area contributed by atoms with Crippen LogP contribution in [0, 0.1) is 0 Å². The van der Waals surface area contributed by atoms with Gasteiger partial charge in [-0.1, -0.05) is 84.9 Å². The molecular weight excluding hydrogens is 394 g/mol. The van der Waals surface area contributed by atoms with Crippen molar-refractivity contribution in [3.8, 4) is 11.1 Å². The molecular formula is C28H27N3O. The smallest absolute Gasteiger partial charge is 0.163 e. The van der Waals surface area contributed by atoms with Crippen molar-refractivity contribution in [1.29, 1.82) is 0 Å². The molecule has 0 saturated carbocycles. The number of ether oxygens (including phenoxy) is 1. The number of nitrogens with zero attached hydrogens (tertiary/aromatic N) is 3. The maximum Gasteiger partial charge on any atom is 0.163 e. The van der Waals surface area contributed by atoms with Crippen molar-refractivity contribution in [3.05, 3.63) is 120 Å². The summed E-state index contributed by atoms with van der Waals surface area (Å²) in [5.74, 6) is 1.88. The first-order chi connectivity index (χ1) is 15.8. The van der Waals surface area contributed by atoms with Gasteiger partial charge in [-0.2, -0.15) is 0 Å². The topological polar surface area (TPSA) is 28.1 Å². The molecule has 0 fully saturated rings. The summed E-state index contributed by atoms with van der Waals surface area (Å²) < 4.78 is 6.20. The van der Waals surface area contributed by atoms with E-state index in [4.69, 9.17) is 9.73 Å². The van der Waals surface area contributed by atoms with Gasteiger partial charge in [0.1, 0.15) is 18.1 Å². The van der Waals surface area contributed by atoms with Gasteiger partial charge in [0.25, 0.3) is 0 Å². The van der Waals surface area contributed by atoms with E-state index in [1.165, 1.54) is 16.7 Å². The molecule has 3 aromatic carbocycles. The van der Waals surface area contributed by atoms with Crippen LogP contribution >= 0.6 is 0 Å². The van der Waals surface area contributed by atoms with Crippen LogP contribution in [0.25, 0.3) is 11.1 Å². The van der Waals surface area contributed by atoms with Gasteiger partial charge < -0.3 is 14.5 Å². The quantitative estimate of drug-likeness (QED) is 0.529. The van der Waals surface area contributed by atoms with Gasteiger partial charge in [-0.15, -0.1) is 0 Å². The molecule has 0 spiro atoms. The minimum Gasteiger partial charge on any atom is -0.485 e. The number of hydrogen-bond acceptors (Lipinski definition) is 4. The molecule has 0 atom stereocenters. The first-order valence-corrected chi connectivity index (χ1v) is 11.0. The minimum absolute atomic E-state index is 0.531. The van der Waals surface area contributed by atoms with Gasteiger partial charge in [0.15, 0.2) is 5.76 Å². The van der Waals surface area contributed by atoms with Crippen LogP contribution in [0.4, 0.5) is 0 Å². The van der Waals surface area contributed by atoms with Gasteiger partial charge in [0.2, 0.25) is 0 Å². The van der Waals surface area contributed by atoms with Gasteiger partial charge in [0, 0.05) is 32.8 Å². The Hall–Kier alpha value is -3.79. The molecule has 160 valence electrons. The van der Waals surface area contributed by atoms with E-state index < -0.39 is 0 Å². The number of hydrogen-bond donors (Lipinski definition) is 0. The minimum atomic E-state index is 0.531. The van der Waals surface area contributed by atoms with Gasteiger partial charge in [-0.25, -0.2) is 4.99 Å². The highest BCUT2D eigenvalue weighted by Crippen LogP contribution is 2.29. The molecule has 4 heteroatoms. The van der Waals surface area contributed by atoms with Gasteiger partial charge in [-0.05, 0) is 22.3 Å².